The summed E-state index contributed by atoms with van der Waals surface area (Å²) in [6.07, 6.45) is 0.618. The van der Waals surface area contributed by atoms with Crippen molar-refractivity contribution in [3.05, 3.63) is 0 Å². The lowest BCUT2D eigenvalue weighted by Gasteiger charge is -2.24. The Morgan fingerprint density at radius 2 is 2.07 bits per heavy atom. The highest BCUT2D eigenvalue weighted by atomic mass is 16.5. The third kappa shape index (κ3) is 8.58. The highest BCUT2D eigenvalue weighted by Crippen LogP contribution is 2.14. The van der Waals surface area contributed by atoms with Crippen LogP contribution in [0.4, 0.5) is 0 Å². The zero-order chi connectivity index (χ0) is 11.9. The van der Waals surface area contributed by atoms with Crippen molar-refractivity contribution in [3.8, 4) is 0 Å². The molecule has 0 radical (unpaired) electrons. The van der Waals surface area contributed by atoms with Crippen LogP contribution in [0, 0.1) is 11.3 Å². The maximum atomic E-state index is 10.9. The first kappa shape index (κ1) is 14.6. The van der Waals surface area contributed by atoms with Crippen molar-refractivity contribution in [1.29, 1.82) is 0 Å². The molecule has 1 atom stereocenters. The molecule has 90 valence electrons. The number of rotatable bonds is 8. The molecule has 0 fully saturated rings. The van der Waals surface area contributed by atoms with E-state index in [-0.39, 0.29) is 11.2 Å². The maximum absolute atomic E-state index is 10.9. The molecule has 1 N–H and O–H groups in total. The Bertz CT molecular complexity index is 190. The van der Waals surface area contributed by atoms with E-state index in [2.05, 4.69) is 19.2 Å². The summed E-state index contributed by atoms with van der Waals surface area (Å²) in [6.45, 7) is 10.4. The fourth-order valence-electron chi connectivity index (χ4n) is 1.62. The van der Waals surface area contributed by atoms with Gasteiger partial charge in [-0.2, -0.15) is 0 Å². The predicted octanol–water partition coefficient (Wildman–Crippen LogP) is 1.86. The molecule has 0 rings (SSSR count). The van der Waals surface area contributed by atoms with Crippen molar-refractivity contribution in [2.75, 3.05) is 26.8 Å². The summed E-state index contributed by atoms with van der Waals surface area (Å²) in [7, 11) is 1.94. The van der Waals surface area contributed by atoms with E-state index in [1.807, 2.05) is 14.0 Å². The van der Waals surface area contributed by atoms with Gasteiger partial charge < -0.3 is 14.8 Å². The monoisotopic (exact) mass is 215 g/mol. The number of ketones is 1. The SMILES string of the molecule is CNCC(C)(C)COCC(C)CC(C)=O. The topological polar surface area (TPSA) is 38.3 Å². The molecular weight excluding hydrogens is 190 g/mol. The lowest BCUT2D eigenvalue weighted by molar-refractivity contribution is -0.118. The van der Waals surface area contributed by atoms with Crippen LogP contribution < -0.4 is 5.32 Å². The molecule has 0 aromatic rings. The third-order valence-electron chi connectivity index (χ3n) is 2.19. The number of carbonyl (C=O) groups excluding carboxylic acids is 1. The van der Waals surface area contributed by atoms with Gasteiger partial charge in [-0.15, -0.1) is 0 Å². The van der Waals surface area contributed by atoms with Crippen LogP contribution in [0.3, 0.4) is 0 Å². The smallest absolute Gasteiger partial charge is 0.130 e. The lowest BCUT2D eigenvalue weighted by Crippen LogP contribution is -2.31. The molecule has 0 saturated carbocycles. The summed E-state index contributed by atoms with van der Waals surface area (Å²) < 4.78 is 5.62. The molecule has 0 spiro atoms. The zero-order valence-corrected chi connectivity index (χ0v) is 10.7. The van der Waals surface area contributed by atoms with Crippen molar-refractivity contribution in [1.82, 2.24) is 5.32 Å². The normalized spacial score (nSPS) is 13.9. The molecular formula is C12H25NO2. The first-order valence-corrected chi connectivity index (χ1v) is 5.59. The Labute approximate surface area is 93.6 Å². The van der Waals surface area contributed by atoms with Crippen LogP contribution in [0.1, 0.15) is 34.1 Å². The first-order chi connectivity index (χ1) is 6.87. The summed E-state index contributed by atoms with van der Waals surface area (Å²) in [6, 6.07) is 0. The van der Waals surface area contributed by atoms with E-state index in [9.17, 15) is 4.79 Å². The van der Waals surface area contributed by atoms with E-state index in [4.69, 9.17) is 4.74 Å². The molecule has 0 aliphatic rings. The second kappa shape index (κ2) is 6.96. The first-order valence-electron chi connectivity index (χ1n) is 5.59. The third-order valence-corrected chi connectivity index (χ3v) is 2.19. The summed E-state index contributed by atoms with van der Waals surface area (Å²) in [5.41, 5.74) is 0.157. The quantitative estimate of drug-likeness (QED) is 0.671. The molecule has 3 heteroatoms. The van der Waals surface area contributed by atoms with E-state index in [1.165, 1.54) is 0 Å². The van der Waals surface area contributed by atoms with Crippen LogP contribution >= 0.6 is 0 Å². The van der Waals surface area contributed by atoms with Gasteiger partial charge in [0.15, 0.2) is 0 Å². The van der Waals surface area contributed by atoms with E-state index in [0.717, 1.165) is 13.2 Å². The molecule has 0 aliphatic carbocycles. The second-order valence-electron chi connectivity index (χ2n) is 5.22. The Hall–Kier alpha value is -0.410. The Balaban J connectivity index is 3.64. The molecule has 0 amide bonds. The number of nitrogens with one attached hydrogen (secondary N) is 1. The minimum atomic E-state index is 0.157. The van der Waals surface area contributed by atoms with E-state index >= 15 is 0 Å². The molecule has 0 aliphatic heterocycles. The van der Waals surface area contributed by atoms with Crippen molar-refractivity contribution in [2.24, 2.45) is 11.3 Å². The van der Waals surface area contributed by atoms with E-state index in [1.54, 1.807) is 6.92 Å². The van der Waals surface area contributed by atoms with Crippen molar-refractivity contribution >= 4 is 5.78 Å². The minimum absolute atomic E-state index is 0.157. The Kier molecular flexibility index (Phi) is 6.77. The lowest BCUT2D eigenvalue weighted by atomic mass is 9.95. The predicted molar refractivity (Wildman–Crippen MR) is 63.0 cm³/mol. The van der Waals surface area contributed by atoms with Gasteiger partial charge >= 0.3 is 0 Å². The summed E-state index contributed by atoms with van der Waals surface area (Å²) >= 11 is 0. The van der Waals surface area contributed by atoms with Crippen LogP contribution in [0.2, 0.25) is 0 Å². The Morgan fingerprint density at radius 1 is 1.47 bits per heavy atom. The van der Waals surface area contributed by atoms with Gasteiger partial charge in [-0.05, 0) is 19.9 Å². The molecule has 0 aromatic carbocycles. The van der Waals surface area contributed by atoms with Gasteiger partial charge in [-0.3, -0.25) is 0 Å². The van der Waals surface area contributed by atoms with Gasteiger partial charge in [0.05, 0.1) is 6.61 Å². The largest absolute Gasteiger partial charge is 0.381 e. The van der Waals surface area contributed by atoms with Crippen LogP contribution in [-0.2, 0) is 9.53 Å². The average Bonchev–Trinajstić information content (AvgIpc) is 2.01. The highest BCUT2D eigenvalue weighted by Gasteiger charge is 2.17. The van der Waals surface area contributed by atoms with Crippen LogP contribution in [0.5, 0.6) is 0 Å². The van der Waals surface area contributed by atoms with Crippen LogP contribution in [0.25, 0.3) is 0 Å². The fraction of sp³-hybridized carbons (Fsp3) is 0.917. The molecule has 0 heterocycles. The number of carbonyl (C=O) groups is 1. The van der Waals surface area contributed by atoms with E-state index in [0.29, 0.717) is 18.9 Å². The van der Waals surface area contributed by atoms with Crippen molar-refractivity contribution < 1.29 is 9.53 Å². The van der Waals surface area contributed by atoms with Gasteiger partial charge in [0.25, 0.3) is 0 Å². The Morgan fingerprint density at radius 3 is 2.53 bits per heavy atom. The molecule has 0 bridgehead atoms. The van der Waals surface area contributed by atoms with Gasteiger partial charge in [0.2, 0.25) is 0 Å². The van der Waals surface area contributed by atoms with Gasteiger partial charge in [0.1, 0.15) is 5.78 Å². The standard InChI is InChI=1S/C12H25NO2/c1-10(6-11(2)14)7-15-9-12(3,4)8-13-5/h10,13H,6-9H2,1-5H3. The van der Waals surface area contributed by atoms with Gasteiger partial charge in [-0.1, -0.05) is 20.8 Å². The van der Waals surface area contributed by atoms with Gasteiger partial charge in [-0.25, -0.2) is 0 Å². The zero-order valence-electron chi connectivity index (χ0n) is 10.7. The average molecular weight is 215 g/mol. The summed E-state index contributed by atoms with van der Waals surface area (Å²) in [5.74, 6) is 0.563. The van der Waals surface area contributed by atoms with E-state index < -0.39 is 0 Å². The minimum Gasteiger partial charge on any atom is -0.381 e. The molecule has 0 saturated heterocycles. The van der Waals surface area contributed by atoms with Crippen molar-refractivity contribution in [2.45, 2.75) is 34.1 Å². The molecule has 1 unspecified atom stereocenters. The number of hydrogen-bond donors (Lipinski definition) is 1. The highest BCUT2D eigenvalue weighted by molar-refractivity contribution is 5.75. The number of ether oxygens (including phenoxy) is 1. The molecule has 3 nitrogen and oxygen atoms in total. The molecule has 0 aromatic heterocycles. The van der Waals surface area contributed by atoms with Crippen molar-refractivity contribution in [3.63, 3.8) is 0 Å². The van der Waals surface area contributed by atoms with Gasteiger partial charge in [0, 0.05) is 25.0 Å². The fourth-order valence-corrected chi connectivity index (χ4v) is 1.62. The van der Waals surface area contributed by atoms with Crippen LogP contribution in [-0.4, -0.2) is 32.6 Å². The van der Waals surface area contributed by atoms with Crippen LogP contribution in [0.15, 0.2) is 0 Å². The number of Topliss-reactive ketones (excluding diaryl/α,β-unsaturated/α-hetero) is 1. The molecule has 15 heavy (non-hydrogen) atoms. The summed E-state index contributed by atoms with van der Waals surface area (Å²) in [5, 5.41) is 3.14. The number of hydrogen-bond acceptors (Lipinski definition) is 3. The summed E-state index contributed by atoms with van der Waals surface area (Å²) in [4.78, 5) is 10.9. The maximum Gasteiger partial charge on any atom is 0.130 e. The second-order valence-corrected chi connectivity index (χ2v) is 5.22.